The Bertz CT molecular complexity index is 1220. The summed E-state index contributed by atoms with van der Waals surface area (Å²) in [7, 11) is 0. The molecule has 1 saturated heterocycles. The van der Waals surface area contributed by atoms with Gasteiger partial charge in [-0.3, -0.25) is 0 Å². The molecule has 0 spiro atoms. The van der Waals surface area contributed by atoms with Crippen molar-refractivity contribution >= 4 is 5.97 Å². The van der Waals surface area contributed by atoms with Crippen LogP contribution in [0.4, 0.5) is 8.78 Å². The minimum absolute atomic E-state index is 0.0159. The zero-order valence-corrected chi connectivity index (χ0v) is 22.6. The van der Waals surface area contributed by atoms with Crippen molar-refractivity contribution in [2.24, 2.45) is 5.18 Å². The Balaban J connectivity index is 1.64. The number of alkyl halides is 2. The molecule has 41 heavy (non-hydrogen) atoms. The van der Waals surface area contributed by atoms with Gasteiger partial charge in [0, 0.05) is 0 Å². The monoisotopic (exact) mass is 569 g/mol. The van der Waals surface area contributed by atoms with Gasteiger partial charge in [0.15, 0.2) is 12.1 Å². The number of nitroso groups, excluding NO2 is 1. The topological polar surface area (TPSA) is 92.7 Å². The number of hydrogen-bond donors (Lipinski definition) is 0. The maximum atomic E-state index is 15.5. The number of hydrogen-bond acceptors (Lipinski definition) is 8. The fourth-order valence-corrected chi connectivity index (χ4v) is 4.61. The van der Waals surface area contributed by atoms with E-state index in [0.29, 0.717) is 0 Å². The molecular formula is C31H33F2NO7. The molecule has 1 heterocycles. The molecule has 0 aliphatic carbocycles. The molecule has 0 radical (unpaired) electrons. The van der Waals surface area contributed by atoms with E-state index in [1.54, 1.807) is 24.3 Å². The third-order valence-corrected chi connectivity index (χ3v) is 6.65. The van der Waals surface area contributed by atoms with Gasteiger partial charge in [0.2, 0.25) is 0 Å². The van der Waals surface area contributed by atoms with E-state index in [4.69, 9.17) is 18.9 Å². The average molecular weight is 570 g/mol. The van der Waals surface area contributed by atoms with E-state index < -0.39 is 42.3 Å². The number of benzene rings is 3. The molecule has 0 aromatic heterocycles. The number of halogens is 2. The van der Waals surface area contributed by atoms with Gasteiger partial charge in [-0.2, -0.15) is 13.7 Å². The summed E-state index contributed by atoms with van der Waals surface area (Å²) in [6.07, 6.45) is -5.72. The molecule has 5 unspecified atom stereocenters. The lowest BCUT2D eigenvalue weighted by Crippen LogP contribution is -2.65. The van der Waals surface area contributed by atoms with E-state index >= 15 is 8.78 Å². The van der Waals surface area contributed by atoms with Crippen molar-refractivity contribution in [1.29, 1.82) is 0 Å². The van der Waals surface area contributed by atoms with Crippen LogP contribution in [0, 0.1) is 4.91 Å². The highest BCUT2D eigenvalue weighted by Gasteiger charge is 2.61. The highest BCUT2D eigenvalue weighted by molar-refractivity contribution is 5.78. The molecule has 10 heteroatoms. The highest BCUT2D eigenvalue weighted by Crippen LogP contribution is 2.37. The zero-order valence-electron chi connectivity index (χ0n) is 22.6. The van der Waals surface area contributed by atoms with Gasteiger partial charge in [0.05, 0.1) is 33.0 Å². The van der Waals surface area contributed by atoms with Gasteiger partial charge < -0.3 is 23.7 Å². The summed E-state index contributed by atoms with van der Waals surface area (Å²) in [4.78, 5) is 24.5. The van der Waals surface area contributed by atoms with Crippen LogP contribution in [-0.2, 0) is 48.3 Å². The molecule has 4 rings (SSSR count). The number of esters is 1. The van der Waals surface area contributed by atoms with Crippen LogP contribution >= 0.6 is 0 Å². The van der Waals surface area contributed by atoms with Crippen LogP contribution in [0.15, 0.2) is 96.2 Å². The molecule has 0 amide bonds. The van der Waals surface area contributed by atoms with Gasteiger partial charge in [0.25, 0.3) is 0 Å². The van der Waals surface area contributed by atoms with Gasteiger partial charge in [-0.1, -0.05) is 96.2 Å². The summed E-state index contributed by atoms with van der Waals surface area (Å²) in [5.41, 5.74) is 2.42. The summed E-state index contributed by atoms with van der Waals surface area (Å²) in [5, 5.41) is 2.99. The maximum Gasteiger partial charge on any atom is 0.379 e. The summed E-state index contributed by atoms with van der Waals surface area (Å²) < 4.78 is 59.5. The molecule has 8 nitrogen and oxygen atoms in total. The Morgan fingerprint density at radius 2 is 1.29 bits per heavy atom. The van der Waals surface area contributed by atoms with Crippen LogP contribution in [0.5, 0.6) is 0 Å². The third kappa shape index (κ3) is 8.01. The van der Waals surface area contributed by atoms with Crippen molar-refractivity contribution in [3.63, 3.8) is 0 Å². The number of nitrogens with zero attached hydrogens (tertiary/aromatic N) is 1. The largest absolute Gasteiger partial charge is 0.461 e. The van der Waals surface area contributed by atoms with E-state index in [1.165, 1.54) is 6.92 Å². The predicted molar refractivity (Wildman–Crippen MR) is 146 cm³/mol. The quantitative estimate of drug-likeness (QED) is 0.188. The maximum absolute atomic E-state index is 15.5. The van der Waals surface area contributed by atoms with E-state index in [9.17, 15) is 9.70 Å². The van der Waals surface area contributed by atoms with Crippen molar-refractivity contribution in [1.82, 2.24) is 0 Å². The van der Waals surface area contributed by atoms with E-state index in [2.05, 4.69) is 9.91 Å². The van der Waals surface area contributed by atoms with E-state index in [0.717, 1.165) is 16.7 Å². The van der Waals surface area contributed by atoms with Crippen LogP contribution in [0.2, 0.25) is 0 Å². The summed E-state index contributed by atoms with van der Waals surface area (Å²) in [5.74, 6) is -6.00. The second-order valence-electron chi connectivity index (χ2n) is 9.56. The number of ether oxygens (including phenoxy) is 5. The lowest BCUT2D eigenvalue weighted by molar-refractivity contribution is -0.269. The first kappa shape index (κ1) is 30.4. The van der Waals surface area contributed by atoms with Crippen LogP contribution in [0.3, 0.4) is 0 Å². The van der Waals surface area contributed by atoms with Gasteiger partial charge in [-0.25, -0.2) is 4.79 Å². The summed E-state index contributed by atoms with van der Waals surface area (Å²) >= 11 is 0. The minimum Gasteiger partial charge on any atom is -0.461 e. The Hall–Kier alpha value is -3.57. The van der Waals surface area contributed by atoms with E-state index in [-0.39, 0.29) is 33.0 Å². The van der Waals surface area contributed by atoms with Crippen LogP contribution in [-0.4, -0.2) is 55.6 Å². The first-order chi connectivity index (χ1) is 19.9. The standard InChI is InChI=1S/C31H33F2NO7/c1-2-38-30(35)31(32,33)29-26(34-36)28(40-20-24-16-10-5-11-17-24)27(39-19-23-14-8-4-9-15-23)25(41-29)21-37-18-22-12-6-3-7-13-22/h3-17,25-29H,2,18-21H2,1H3. The van der Waals surface area contributed by atoms with Crippen molar-refractivity contribution in [2.75, 3.05) is 13.2 Å². The highest BCUT2D eigenvalue weighted by atomic mass is 19.3. The van der Waals surface area contributed by atoms with Gasteiger partial charge >= 0.3 is 11.9 Å². The SMILES string of the molecule is CCOC(=O)C(F)(F)C1OC(COCc2ccccc2)C(OCc2ccccc2)C(OCc2ccccc2)C1N=O. The molecule has 3 aromatic rings. The van der Waals surface area contributed by atoms with Crippen molar-refractivity contribution in [3.8, 4) is 0 Å². The van der Waals surface area contributed by atoms with Crippen LogP contribution in [0.25, 0.3) is 0 Å². The Labute approximate surface area is 237 Å². The molecule has 1 fully saturated rings. The van der Waals surface area contributed by atoms with Crippen molar-refractivity contribution in [3.05, 3.63) is 113 Å². The Morgan fingerprint density at radius 3 is 1.78 bits per heavy atom. The smallest absolute Gasteiger partial charge is 0.379 e. The second kappa shape index (κ2) is 14.9. The first-order valence-corrected chi connectivity index (χ1v) is 13.4. The molecular weight excluding hydrogens is 536 g/mol. The lowest BCUT2D eigenvalue weighted by atomic mass is 9.89. The molecule has 5 atom stereocenters. The van der Waals surface area contributed by atoms with Crippen LogP contribution in [0.1, 0.15) is 23.6 Å². The zero-order chi connectivity index (χ0) is 29.1. The van der Waals surface area contributed by atoms with Gasteiger partial charge in [0.1, 0.15) is 18.3 Å². The van der Waals surface area contributed by atoms with Crippen LogP contribution < -0.4 is 0 Å². The number of rotatable bonds is 14. The molecule has 1 aliphatic heterocycles. The summed E-state index contributed by atoms with van der Waals surface area (Å²) in [6.45, 7) is 1.19. The number of carbonyl (C=O) groups excluding carboxylic acids is 1. The molecule has 1 aliphatic rings. The molecule has 0 bridgehead atoms. The van der Waals surface area contributed by atoms with Gasteiger partial charge in [-0.05, 0) is 23.6 Å². The van der Waals surface area contributed by atoms with Crippen molar-refractivity contribution < 1.29 is 37.3 Å². The second-order valence-corrected chi connectivity index (χ2v) is 9.56. The fraction of sp³-hybridized carbons (Fsp3) is 0.387. The first-order valence-electron chi connectivity index (χ1n) is 13.4. The molecule has 3 aromatic carbocycles. The molecule has 0 N–H and O–H groups in total. The summed E-state index contributed by atoms with van der Waals surface area (Å²) in [6, 6.07) is 25.8. The predicted octanol–water partition coefficient (Wildman–Crippen LogP) is 5.47. The normalized spacial score (nSPS) is 22.7. The molecule has 218 valence electrons. The lowest BCUT2D eigenvalue weighted by Gasteiger charge is -2.45. The third-order valence-electron chi connectivity index (χ3n) is 6.65. The Morgan fingerprint density at radius 1 is 0.805 bits per heavy atom. The fourth-order valence-electron chi connectivity index (χ4n) is 4.61. The minimum atomic E-state index is -4.19. The number of carbonyl (C=O) groups is 1. The van der Waals surface area contributed by atoms with Gasteiger partial charge in [-0.15, -0.1) is 0 Å². The van der Waals surface area contributed by atoms with E-state index in [1.807, 2.05) is 66.7 Å². The van der Waals surface area contributed by atoms with Crippen molar-refractivity contribution in [2.45, 2.75) is 63.1 Å². The Kier molecular flexibility index (Phi) is 11.0. The average Bonchev–Trinajstić information content (AvgIpc) is 3.00. The molecule has 0 saturated carbocycles.